The van der Waals surface area contributed by atoms with Gasteiger partial charge in [0.1, 0.15) is 5.82 Å². The van der Waals surface area contributed by atoms with Crippen LogP contribution in [0.5, 0.6) is 0 Å². The Morgan fingerprint density at radius 3 is 3.14 bits per heavy atom. The summed E-state index contributed by atoms with van der Waals surface area (Å²) in [7, 11) is 0. The van der Waals surface area contributed by atoms with Gasteiger partial charge in [0.25, 0.3) is 5.91 Å². The molecule has 7 nitrogen and oxygen atoms in total. The predicted molar refractivity (Wildman–Crippen MR) is 80.5 cm³/mol. The number of imidazole rings is 1. The Balaban J connectivity index is 1.56. The summed E-state index contributed by atoms with van der Waals surface area (Å²) < 4.78 is 5.73. The van der Waals surface area contributed by atoms with E-state index >= 15 is 0 Å². The van der Waals surface area contributed by atoms with Crippen LogP contribution in [0.2, 0.25) is 0 Å². The lowest BCUT2D eigenvalue weighted by atomic mass is 9.99. The Labute approximate surface area is 128 Å². The fraction of sp³-hybridized carbons (Fsp3) is 0.533. The highest BCUT2D eigenvalue weighted by atomic mass is 16.5. The van der Waals surface area contributed by atoms with E-state index in [-0.39, 0.29) is 18.1 Å². The molecule has 0 saturated heterocycles. The normalized spacial score (nSPS) is 20.6. The number of H-pyrrole nitrogens is 2. The van der Waals surface area contributed by atoms with Gasteiger partial charge >= 0.3 is 0 Å². The number of aryl methyl sites for hydroxylation is 1. The standard InChI is InChI=1S/C15H21N5O2/c1-9-8-11-13(10(2)22-9)19-20-14(11)15(21)18-5-3-4-12-16-6-7-17-12/h6-7,9-10H,3-5,8H2,1-2H3,(H,16,17)(H,18,21)(H,19,20)/t9-,10+/m1/s1. The number of amides is 1. The molecule has 0 saturated carbocycles. The van der Waals surface area contributed by atoms with E-state index in [9.17, 15) is 4.79 Å². The number of rotatable bonds is 5. The van der Waals surface area contributed by atoms with E-state index in [2.05, 4.69) is 25.5 Å². The van der Waals surface area contributed by atoms with Gasteiger partial charge in [-0.15, -0.1) is 0 Å². The molecule has 1 aliphatic rings. The SMILES string of the molecule is C[C@@H]1Cc2c(C(=O)NCCCc3ncc[nH]3)n[nH]c2[C@H](C)O1. The monoisotopic (exact) mass is 303 g/mol. The topological polar surface area (TPSA) is 95.7 Å². The lowest BCUT2D eigenvalue weighted by molar-refractivity contribution is -0.00697. The van der Waals surface area contributed by atoms with E-state index < -0.39 is 0 Å². The summed E-state index contributed by atoms with van der Waals surface area (Å²) in [4.78, 5) is 19.5. The van der Waals surface area contributed by atoms with E-state index in [0.717, 1.165) is 29.9 Å². The maximum Gasteiger partial charge on any atom is 0.272 e. The quantitative estimate of drug-likeness (QED) is 0.730. The fourth-order valence-electron chi connectivity index (χ4n) is 2.84. The third-order valence-electron chi connectivity index (χ3n) is 3.88. The summed E-state index contributed by atoms with van der Waals surface area (Å²) in [5, 5.41) is 10.0. The van der Waals surface area contributed by atoms with Crippen molar-refractivity contribution in [2.24, 2.45) is 0 Å². The van der Waals surface area contributed by atoms with Crippen LogP contribution in [0, 0.1) is 0 Å². The largest absolute Gasteiger partial charge is 0.369 e. The highest BCUT2D eigenvalue weighted by Gasteiger charge is 2.29. The second kappa shape index (κ2) is 6.31. The van der Waals surface area contributed by atoms with Gasteiger partial charge in [-0.1, -0.05) is 0 Å². The Bertz CT molecular complexity index is 634. The molecule has 2 atom stereocenters. The smallest absolute Gasteiger partial charge is 0.272 e. The van der Waals surface area contributed by atoms with Crippen LogP contribution in [0.15, 0.2) is 12.4 Å². The minimum Gasteiger partial charge on any atom is -0.369 e. The summed E-state index contributed by atoms with van der Waals surface area (Å²) in [6, 6.07) is 0. The van der Waals surface area contributed by atoms with Crippen molar-refractivity contribution >= 4 is 5.91 Å². The van der Waals surface area contributed by atoms with Gasteiger partial charge < -0.3 is 15.0 Å². The number of aromatic nitrogens is 4. The van der Waals surface area contributed by atoms with Crippen LogP contribution < -0.4 is 5.32 Å². The number of nitrogens with zero attached hydrogens (tertiary/aromatic N) is 2. The number of hydrogen-bond acceptors (Lipinski definition) is 4. The minimum absolute atomic E-state index is 0.0493. The lowest BCUT2D eigenvalue weighted by Crippen LogP contribution is -2.28. The third kappa shape index (κ3) is 3.04. The Morgan fingerprint density at radius 2 is 2.36 bits per heavy atom. The van der Waals surface area contributed by atoms with Crippen LogP contribution in [0.4, 0.5) is 0 Å². The first-order valence-electron chi connectivity index (χ1n) is 7.64. The summed E-state index contributed by atoms with van der Waals surface area (Å²) in [6.45, 7) is 4.58. The Kier molecular flexibility index (Phi) is 4.24. The molecular weight excluding hydrogens is 282 g/mol. The number of aromatic amines is 2. The van der Waals surface area contributed by atoms with Crippen molar-refractivity contribution in [1.82, 2.24) is 25.5 Å². The molecule has 0 spiro atoms. The molecule has 2 aromatic rings. The highest BCUT2D eigenvalue weighted by molar-refractivity contribution is 5.94. The van der Waals surface area contributed by atoms with Gasteiger partial charge in [-0.3, -0.25) is 9.89 Å². The molecule has 3 N–H and O–H groups in total. The zero-order valence-electron chi connectivity index (χ0n) is 12.8. The predicted octanol–water partition coefficient (Wildman–Crippen LogP) is 1.52. The van der Waals surface area contributed by atoms with Crippen LogP contribution in [-0.4, -0.2) is 38.7 Å². The number of fused-ring (bicyclic) bond motifs is 1. The van der Waals surface area contributed by atoms with E-state index in [4.69, 9.17) is 4.74 Å². The molecule has 3 heterocycles. The van der Waals surface area contributed by atoms with Crippen LogP contribution in [0.3, 0.4) is 0 Å². The van der Waals surface area contributed by atoms with Crippen LogP contribution in [0.25, 0.3) is 0 Å². The van der Waals surface area contributed by atoms with Crippen molar-refractivity contribution in [3.05, 3.63) is 35.2 Å². The fourth-order valence-corrected chi connectivity index (χ4v) is 2.84. The van der Waals surface area contributed by atoms with Gasteiger partial charge in [0.2, 0.25) is 0 Å². The summed E-state index contributed by atoms with van der Waals surface area (Å²) in [6.07, 6.45) is 5.95. The molecule has 1 amide bonds. The van der Waals surface area contributed by atoms with Crippen LogP contribution >= 0.6 is 0 Å². The molecule has 1 aliphatic heterocycles. The van der Waals surface area contributed by atoms with Crippen molar-refractivity contribution < 1.29 is 9.53 Å². The molecule has 118 valence electrons. The zero-order chi connectivity index (χ0) is 15.5. The number of carbonyl (C=O) groups excluding carboxylic acids is 1. The number of hydrogen-bond donors (Lipinski definition) is 3. The molecule has 2 aromatic heterocycles. The van der Waals surface area contributed by atoms with E-state index in [1.54, 1.807) is 12.4 Å². The van der Waals surface area contributed by atoms with E-state index in [1.165, 1.54) is 0 Å². The molecule has 0 fully saturated rings. The molecule has 0 unspecified atom stereocenters. The first-order valence-corrected chi connectivity index (χ1v) is 7.64. The van der Waals surface area contributed by atoms with Crippen molar-refractivity contribution in [1.29, 1.82) is 0 Å². The number of ether oxygens (including phenoxy) is 1. The average Bonchev–Trinajstić information content (AvgIpc) is 3.12. The van der Waals surface area contributed by atoms with Crippen molar-refractivity contribution in [3.63, 3.8) is 0 Å². The molecule has 7 heteroatoms. The van der Waals surface area contributed by atoms with Crippen LogP contribution in [-0.2, 0) is 17.6 Å². The van der Waals surface area contributed by atoms with Gasteiger partial charge in [-0.25, -0.2) is 4.98 Å². The highest BCUT2D eigenvalue weighted by Crippen LogP contribution is 2.29. The second-order valence-corrected chi connectivity index (χ2v) is 5.65. The lowest BCUT2D eigenvalue weighted by Gasteiger charge is -2.25. The maximum absolute atomic E-state index is 12.3. The first kappa shape index (κ1) is 14.8. The third-order valence-corrected chi connectivity index (χ3v) is 3.88. The summed E-state index contributed by atoms with van der Waals surface area (Å²) in [5.41, 5.74) is 2.39. The van der Waals surface area contributed by atoms with Crippen molar-refractivity contribution in [3.8, 4) is 0 Å². The maximum atomic E-state index is 12.3. The van der Waals surface area contributed by atoms with Gasteiger partial charge in [0.15, 0.2) is 5.69 Å². The van der Waals surface area contributed by atoms with Gasteiger partial charge in [-0.2, -0.15) is 5.10 Å². The molecule has 22 heavy (non-hydrogen) atoms. The van der Waals surface area contributed by atoms with E-state index in [0.29, 0.717) is 18.7 Å². The Hall–Kier alpha value is -2.15. The van der Waals surface area contributed by atoms with Crippen molar-refractivity contribution in [2.75, 3.05) is 6.54 Å². The second-order valence-electron chi connectivity index (χ2n) is 5.65. The number of nitrogens with one attached hydrogen (secondary N) is 3. The molecule has 0 bridgehead atoms. The minimum atomic E-state index is -0.127. The number of carbonyl (C=O) groups is 1. The first-order chi connectivity index (χ1) is 10.6. The molecule has 0 radical (unpaired) electrons. The molecule has 3 rings (SSSR count). The van der Waals surface area contributed by atoms with Crippen LogP contribution in [0.1, 0.15) is 53.9 Å². The van der Waals surface area contributed by atoms with Gasteiger partial charge in [0.05, 0.1) is 17.9 Å². The zero-order valence-corrected chi connectivity index (χ0v) is 12.8. The molecule has 0 aromatic carbocycles. The summed E-state index contributed by atoms with van der Waals surface area (Å²) >= 11 is 0. The van der Waals surface area contributed by atoms with Crippen molar-refractivity contribution in [2.45, 2.75) is 45.3 Å². The molecule has 0 aliphatic carbocycles. The summed E-state index contributed by atoms with van der Waals surface area (Å²) in [5.74, 6) is 0.810. The van der Waals surface area contributed by atoms with Gasteiger partial charge in [0, 0.05) is 37.3 Å². The van der Waals surface area contributed by atoms with E-state index in [1.807, 2.05) is 13.8 Å². The molecular formula is C15H21N5O2. The van der Waals surface area contributed by atoms with Gasteiger partial charge in [-0.05, 0) is 20.3 Å². The Morgan fingerprint density at radius 1 is 1.50 bits per heavy atom. The average molecular weight is 303 g/mol.